The Kier molecular flexibility index (Phi) is 6.89. The molecule has 35 heavy (non-hydrogen) atoms. The summed E-state index contributed by atoms with van der Waals surface area (Å²) in [4.78, 5) is 29.9. The van der Waals surface area contributed by atoms with E-state index in [9.17, 15) is 14.7 Å². The van der Waals surface area contributed by atoms with E-state index in [1.165, 1.54) is 5.56 Å². The van der Waals surface area contributed by atoms with Gasteiger partial charge in [-0.1, -0.05) is 56.3 Å². The highest BCUT2D eigenvalue weighted by atomic mass is 16.3. The molecule has 1 saturated heterocycles. The first-order chi connectivity index (χ1) is 16.7. The van der Waals surface area contributed by atoms with Crippen LogP contribution in [0.4, 0.5) is 0 Å². The van der Waals surface area contributed by atoms with Gasteiger partial charge in [-0.3, -0.25) is 9.59 Å². The molecular weight excluding hydrogens is 440 g/mol. The fraction of sp³-hybridized carbons (Fsp3) is 0.321. The molecule has 3 aromatic rings. The van der Waals surface area contributed by atoms with E-state index in [1.807, 2.05) is 80.5 Å². The Balaban J connectivity index is 1.83. The summed E-state index contributed by atoms with van der Waals surface area (Å²) in [6, 6.07) is 16.8. The molecule has 1 fully saturated rings. The van der Waals surface area contributed by atoms with Crippen molar-refractivity contribution >= 4 is 17.4 Å². The zero-order valence-corrected chi connectivity index (χ0v) is 20.9. The minimum Gasteiger partial charge on any atom is -0.507 e. The van der Waals surface area contributed by atoms with Crippen LogP contribution in [-0.4, -0.2) is 63.6 Å². The van der Waals surface area contributed by atoms with E-state index in [0.29, 0.717) is 30.3 Å². The van der Waals surface area contributed by atoms with Crippen molar-refractivity contribution in [3.63, 3.8) is 0 Å². The van der Waals surface area contributed by atoms with Crippen LogP contribution in [0.15, 0.2) is 66.4 Å². The van der Waals surface area contributed by atoms with E-state index in [0.717, 1.165) is 11.3 Å². The zero-order chi connectivity index (χ0) is 25.3. The lowest BCUT2D eigenvalue weighted by molar-refractivity contribution is -0.140. The van der Waals surface area contributed by atoms with Gasteiger partial charge in [0, 0.05) is 13.1 Å². The first-order valence-corrected chi connectivity index (χ1v) is 11.8. The minimum absolute atomic E-state index is 0.0989. The number of benzene rings is 2. The van der Waals surface area contributed by atoms with Crippen LogP contribution in [0.5, 0.6) is 0 Å². The van der Waals surface area contributed by atoms with Crippen LogP contribution in [0.3, 0.4) is 0 Å². The number of rotatable bonds is 7. The third kappa shape index (κ3) is 4.64. The molecule has 1 aromatic heterocycles. The second-order valence-corrected chi connectivity index (χ2v) is 9.51. The number of para-hydroxylation sites is 1. The van der Waals surface area contributed by atoms with Crippen molar-refractivity contribution in [2.75, 3.05) is 27.2 Å². The number of hydrogen-bond acceptors (Lipinski definition) is 5. The van der Waals surface area contributed by atoms with E-state index < -0.39 is 17.7 Å². The molecule has 1 atom stereocenters. The molecular formula is C28H32N4O3. The molecule has 7 nitrogen and oxygen atoms in total. The summed E-state index contributed by atoms with van der Waals surface area (Å²) in [5, 5.41) is 15.9. The number of amides is 1. The van der Waals surface area contributed by atoms with Gasteiger partial charge in [-0.2, -0.15) is 5.10 Å². The lowest BCUT2D eigenvalue weighted by Gasteiger charge is -2.26. The Morgan fingerprint density at radius 1 is 1.06 bits per heavy atom. The largest absolute Gasteiger partial charge is 0.507 e. The van der Waals surface area contributed by atoms with Crippen molar-refractivity contribution in [3.05, 3.63) is 88.8 Å². The molecule has 4 rings (SSSR count). The highest BCUT2D eigenvalue weighted by Crippen LogP contribution is 2.40. The smallest absolute Gasteiger partial charge is 0.295 e. The number of likely N-dealkylation sites (tertiary alicyclic amines) is 1. The highest BCUT2D eigenvalue weighted by molar-refractivity contribution is 6.46. The number of aliphatic hydroxyl groups excluding tert-OH is 1. The molecule has 0 spiro atoms. The van der Waals surface area contributed by atoms with E-state index >= 15 is 0 Å². The number of ketones is 1. The van der Waals surface area contributed by atoms with Crippen LogP contribution in [0.1, 0.15) is 48.2 Å². The second-order valence-electron chi connectivity index (χ2n) is 9.51. The fourth-order valence-corrected chi connectivity index (χ4v) is 4.44. The van der Waals surface area contributed by atoms with Crippen molar-refractivity contribution in [2.24, 2.45) is 0 Å². The van der Waals surface area contributed by atoms with Crippen LogP contribution in [0, 0.1) is 6.92 Å². The molecule has 2 heterocycles. The Morgan fingerprint density at radius 3 is 2.31 bits per heavy atom. The number of carbonyl (C=O) groups excluding carboxylic acids is 2. The van der Waals surface area contributed by atoms with Gasteiger partial charge >= 0.3 is 0 Å². The Bertz CT molecular complexity index is 1260. The number of aliphatic hydroxyl groups is 1. The summed E-state index contributed by atoms with van der Waals surface area (Å²) in [5.74, 6) is -1.12. The van der Waals surface area contributed by atoms with E-state index in [1.54, 1.807) is 15.8 Å². The van der Waals surface area contributed by atoms with Crippen LogP contribution in [-0.2, 0) is 9.59 Å². The zero-order valence-electron chi connectivity index (χ0n) is 20.9. The van der Waals surface area contributed by atoms with Crippen LogP contribution in [0.25, 0.3) is 11.4 Å². The molecule has 0 aliphatic carbocycles. The number of Topliss-reactive ketones (excluding diaryl/α,β-unsaturated/α-hetero) is 1. The third-order valence-electron chi connectivity index (χ3n) is 6.51. The number of likely N-dealkylation sites (N-methyl/N-ethyl adjacent to an activating group) is 1. The summed E-state index contributed by atoms with van der Waals surface area (Å²) < 4.78 is 1.71. The minimum atomic E-state index is -0.675. The number of aromatic nitrogens is 2. The molecule has 1 amide bonds. The van der Waals surface area contributed by atoms with Crippen molar-refractivity contribution in [2.45, 2.75) is 32.7 Å². The van der Waals surface area contributed by atoms with Crippen molar-refractivity contribution < 1.29 is 14.7 Å². The average molecular weight is 473 g/mol. The van der Waals surface area contributed by atoms with Gasteiger partial charge in [0.1, 0.15) is 5.76 Å². The van der Waals surface area contributed by atoms with Gasteiger partial charge in [0.2, 0.25) is 0 Å². The van der Waals surface area contributed by atoms with Crippen molar-refractivity contribution in [1.82, 2.24) is 19.6 Å². The normalized spacial score (nSPS) is 17.7. The SMILES string of the molecule is Cc1c(/C(O)=C2\C(=O)C(=O)N(CCN(C)C)[C@H]2c2ccc(C(C)C)cc2)cnn1-c1ccccc1. The molecule has 0 radical (unpaired) electrons. The van der Waals surface area contributed by atoms with Gasteiger partial charge in [0.25, 0.3) is 11.7 Å². The number of hydrogen-bond donors (Lipinski definition) is 1. The van der Waals surface area contributed by atoms with Crippen molar-refractivity contribution in [1.29, 1.82) is 0 Å². The van der Waals surface area contributed by atoms with Gasteiger partial charge in [-0.25, -0.2) is 4.68 Å². The lowest BCUT2D eigenvalue weighted by Crippen LogP contribution is -2.35. The molecule has 0 unspecified atom stereocenters. The molecule has 1 N–H and O–H groups in total. The lowest BCUT2D eigenvalue weighted by atomic mass is 9.93. The molecule has 0 bridgehead atoms. The van der Waals surface area contributed by atoms with Gasteiger partial charge < -0.3 is 14.9 Å². The van der Waals surface area contributed by atoms with E-state index in [4.69, 9.17) is 0 Å². The third-order valence-corrected chi connectivity index (χ3v) is 6.51. The van der Waals surface area contributed by atoms with Crippen LogP contribution >= 0.6 is 0 Å². The van der Waals surface area contributed by atoms with E-state index in [-0.39, 0.29) is 11.3 Å². The first-order valence-electron chi connectivity index (χ1n) is 11.8. The molecule has 1 aliphatic rings. The van der Waals surface area contributed by atoms with Crippen molar-refractivity contribution in [3.8, 4) is 5.69 Å². The Morgan fingerprint density at radius 2 is 1.71 bits per heavy atom. The average Bonchev–Trinajstić information content (AvgIpc) is 3.35. The number of carbonyl (C=O) groups is 2. The molecule has 1 aliphatic heterocycles. The Labute approximate surface area is 206 Å². The second kappa shape index (κ2) is 9.88. The summed E-state index contributed by atoms with van der Waals surface area (Å²) in [7, 11) is 3.84. The predicted molar refractivity (Wildman–Crippen MR) is 136 cm³/mol. The quantitative estimate of drug-likeness (QED) is 0.315. The molecule has 7 heteroatoms. The standard InChI is InChI=1S/C28H32N4O3/c1-18(2)20-11-13-21(14-12-20)25-24(27(34)28(35)31(25)16-15-30(4)5)26(33)23-17-29-32(19(23)3)22-9-7-6-8-10-22/h6-14,17-18,25,33H,15-16H2,1-5H3/b26-24+/t25-/m0/s1. The van der Waals surface area contributed by atoms with Crippen LogP contribution < -0.4 is 0 Å². The monoisotopic (exact) mass is 472 g/mol. The van der Waals surface area contributed by atoms with Crippen LogP contribution in [0.2, 0.25) is 0 Å². The topological polar surface area (TPSA) is 78.7 Å². The maximum Gasteiger partial charge on any atom is 0.295 e. The molecule has 2 aromatic carbocycles. The van der Waals surface area contributed by atoms with Gasteiger partial charge in [0.15, 0.2) is 0 Å². The van der Waals surface area contributed by atoms with Gasteiger partial charge in [0.05, 0.1) is 34.8 Å². The number of nitrogens with zero attached hydrogens (tertiary/aromatic N) is 4. The summed E-state index contributed by atoms with van der Waals surface area (Å²) in [5.41, 5.74) is 4.02. The first kappa shape index (κ1) is 24.4. The maximum atomic E-state index is 13.3. The molecule has 0 saturated carbocycles. The summed E-state index contributed by atoms with van der Waals surface area (Å²) in [6.45, 7) is 7.03. The Hall–Kier alpha value is -3.71. The molecule has 182 valence electrons. The highest BCUT2D eigenvalue weighted by Gasteiger charge is 2.46. The summed E-state index contributed by atoms with van der Waals surface area (Å²) in [6.07, 6.45) is 1.55. The summed E-state index contributed by atoms with van der Waals surface area (Å²) >= 11 is 0. The predicted octanol–water partition coefficient (Wildman–Crippen LogP) is 4.29. The van der Waals surface area contributed by atoms with Gasteiger partial charge in [-0.05, 0) is 50.2 Å². The maximum absolute atomic E-state index is 13.3. The fourth-order valence-electron chi connectivity index (χ4n) is 4.44. The van der Waals surface area contributed by atoms with Gasteiger partial charge in [-0.15, -0.1) is 0 Å². The van der Waals surface area contributed by atoms with E-state index in [2.05, 4.69) is 18.9 Å².